The summed E-state index contributed by atoms with van der Waals surface area (Å²) in [6.45, 7) is 8.32. The highest BCUT2D eigenvalue weighted by atomic mass is 79.9. The van der Waals surface area contributed by atoms with Gasteiger partial charge in [-0.2, -0.15) is 0 Å². The maximum Gasteiger partial charge on any atom is 0.119 e. The summed E-state index contributed by atoms with van der Waals surface area (Å²) in [5.74, 6) is 1.60. The van der Waals surface area contributed by atoms with Gasteiger partial charge in [-0.3, -0.25) is 0 Å². The quantitative estimate of drug-likeness (QED) is 0.724. The molecule has 3 nitrogen and oxygen atoms in total. The lowest BCUT2D eigenvalue weighted by atomic mass is 10.2. The van der Waals surface area contributed by atoms with Crippen molar-refractivity contribution in [1.82, 2.24) is 10.6 Å². The second-order valence-electron chi connectivity index (χ2n) is 4.73. The molecule has 0 amide bonds. The molecule has 0 aliphatic rings. The van der Waals surface area contributed by atoms with Gasteiger partial charge >= 0.3 is 0 Å². The molecule has 0 aromatic heterocycles. The number of methoxy groups -OCH3 is 1. The van der Waals surface area contributed by atoms with Crippen molar-refractivity contribution in [2.45, 2.75) is 20.4 Å². The number of hydrogen-bond donors (Lipinski definition) is 2. The first-order chi connectivity index (χ1) is 8.63. The van der Waals surface area contributed by atoms with Crippen molar-refractivity contribution in [2.24, 2.45) is 5.92 Å². The summed E-state index contributed by atoms with van der Waals surface area (Å²) in [7, 11) is 1.69. The van der Waals surface area contributed by atoms with Gasteiger partial charge in [-0.15, -0.1) is 0 Å². The Hall–Kier alpha value is -0.580. The Labute approximate surface area is 118 Å². The predicted octanol–water partition coefficient (Wildman–Crippen LogP) is 2.79. The van der Waals surface area contributed by atoms with Crippen molar-refractivity contribution in [1.29, 1.82) is 0 Å². The SMILES string of the molecule is COc1ccc(Br)c(CNCCNCC(C)C)c1. The molecule has 18 heavy (non-hydrogen) atoms. The van der Waals surface area contributed by atoms with Crippen LogP contribution in [0.3, 0.4) is 0 Å². The molecule has 0 unspecified atom stereocenters. The Kier molecular flexibility index (Phi) is 7.32. The molecule has 0 atom stereocenters. The lowest BCUT2D eigenvalue weighted by Crippen LogP contribution is -2.29. The Bertz CT molecular complexity index is 356. The van der Waals surface area contributed by atoms with Crippen LogP contribution in [0.25, 0.3) is 0 Å². The molecule has 102 valence electrons. The number of ether oxygens (including phenoxy) is 1. The van der Waals surface area contributed by atoms with Crippen LogP contribution in [-0.4, -0.2) is 26.7 Å². The maximum atomic E-state index is 5.22. The van der Waals surface area contributed by atoms with Crippen LogP contribution in [0.2, 0.25) is 0 Å². The Morgan fingerprint density at radius 1 is 1.22 bits per heavy atom. The molecule has 0 heterocycles. The average Bonchev–Trinajstić information content (AvgIpc) is 2.35. The molecule has 0 fully saturated rings. The minimum Gasteiger partial charge on any atom is -0.497 e. The van der Waals surface area contributed by atoms with Crippen molar-refractivity contribution in [3.05, 3.63) is 28.2 Å². The smallest absolute Gasteiger partial charge is 0.119 e. The molecule has 0 bridgehead atoms. The van der Waals surface area contributed by atoms with Gasteiger partial charge in [0.1, 0.15) is 5.75 Å². The molecule has 0 saturated carbocycles. The van der Waals surface area contributed by atoms with E-state index in [4.69, 9.17) is 4.74 Å². The van der Waals surface area contributed by atoms with Crippen molar-refractivity contribution in [3.63, 3.8) is 0 Å². The van der Waals surface area contributed by atoms with Crippen LogP contribution in [0.5, 0.6) is 5.75 Å². The normalized spacial score (nSPS) is 10.9. The third-order valence-corrected chi connectivity index (χ3v) is 3.37. The number of benzene rings is 1. The second kappa shape index (κ2) is 8.51. The van der Waals surface area contributed by atoms with Crippen LogP contribution in [0.15, 0.2) is 22.7 Å². The topological polar surface area (TPSA) is 33.3 Å². The van der Waals surface area contributed by atoms with Gasteiger partial charge in [0.15, 0.2) is 0 Å². The lowest BCUT2D eigenvalue weighted by molar-refractivity contribution is 0.414. The summed E-state index contributed by atoms with van der Waals surface area (Å²) < 4.78 is 6.34. The van der Waals surface area contributed by atoms with Gasteiger partial charge in [-0.25, -0.2) is 0 Å². The van der Waals surface area contributed by atoms with Crippen LogP contribution in [0.1, 0.15) is 19.4 Å². The molecule has 4 heteroatoms. The first kappa shape index (κ1) is 15.5. The van der Waals surface area contributed by atoms with E-state index in [2.05, 4.69) is 46.5 Å². The summed E-state index contributed by atoms with van der Waals surface area (Å²) >= 11 is 3.55. The zero-order valence-electron chi connectivity index (χ0n) is 11.4. The average molecular weight is 315 g/mol. The van der Waals surface area contributed by atoms with Crippen molar-refractivity contribution in [2.75, 3.05) is 26.7 Å². The molecule has 2 N–H and O–H groups in total. The minimum atomic E-state index is 0.706. The Morgan fingerprint density at radius 3 is 2.61 bits per heavy atom. The van der Waals surface area contributed by atoms with Gasteiger partial charge in [0.25, 0.3) is 0 Å². The van der Waals surface area contributed by atoms with E-state index in [1.54, 1.807) is 7.11 Å². The van der Waals surface area contributed by atoms with E-state index in [0.29, 0.717) is 5.92 Å². The third-order valence-electron chi connectivity index (χ3n) is 2.60. The minimum absolute atomic E-state index is 0.706. The standard InChI is InChI=1S/C14H23BrN2O/c1-11(2)9-16-6-7-17-10-12-8-13(18-3)4-5-14(12)15/h4-5,8,11,16-17H,6-7,9-10H2,1-3H3. The van der Waals surface area contributed by atoms with E-state index in [0.717, 1.165) is 36.4 Å². The van der Waals surface area contributed by atoms with Crippen molar-refractivity contribution in [3.8, 4) is 5.75 Å². The van der Waals surface area contributed by atoms with Crippen LogP contribution in [0, 0.1) is 5.92 Å². The highest BCUT2D eigenvalue weighted by Gasteiger charge is 2.01. The van der Waals surface area contributed by atoms with Gasteiger partial charge in [0.2, 0.25) is 0 Å². The molecule has 1 aromatic carbocycles. The zero-order chi connectivity index (χ0) is 13.4. The van der Waals surface area contributed by atoms with Gasteiger partial charge in [-0.1, -0.05) is 29.8 Å². The predicted molar refractivity (Wildman–Crippen MR) is 80.1 cm³/mol. The number of rotatable bonds is 8. The van der Waals surface area contributed by atoms with E-state index in [1.807, 2.05) is 12.1 Å². The van der Waals surface area contributed by atoms with Crippen LogP contribution in [0.4, 0.5) is 0 Å². The first-order valence-electron chi connectivity index (χ1n) is 6.37. The van der Waals surface area contributed by atoms with Crippen molar-refractivity contribution < 1.29 is 4.74 Å². The Morgan fingerprint density at radius 2 is 1.94 bits per heavy atom. The second-order valence-corrected chi connectivity index (χ2v) is 5.59. The molecule has 0 saturated heterocycles. The zero-order valence-corrected chi connectivity index (χ0v) is 13.0. The fourth-order valence-corrected chi connectivity index (χ4v) is 1.99. The largest absolute Gasteiger partial charge is 0.497 e. The Balaban J connectivity index is 2.26. The summed E-state index contributed by atoms with van der Waals surface area (Å²) in [6, 6.07) is 6.03. The van der Waals surface area contributed by atoms with Crippen LogP contribution >= 0.6 is 15.9 Å². The summed E-state index contributed by atoms with van der Waals surface area (Å²) in [4.78, 5) is 0. The summed E-state index contributed by atoms with van der Waals surface area (Å²) in [5.41, 5.74) is 1.22. The monoisotopic (exact) mass is 314 g/mol. The summed E-state index contributed by atoms with van der Waals surface area (Å²) in [6.07, 6.45) is 0. The fraction of sp³-hybridized carbons (Fsp3) is 0.571. The molecule has 0 spiro atoms. The van der Waals surface area contributed by atoms with E-state index in [1.165, 1.54) is 5.56 Å². The van der Waals surface area contributed by atoms with Crippen molar-refractivity contribution >= 4 is 15.9 Å². The van der Waals surface area contributed by atoms with Gasteiger partial charge in [0.05, 0.1) is 7.11 Å². The third kappa shape index (κ3) is 5.85. The number of halogens is 1. The summed E-state index contributed by atoms with van der Waals surface area (Å²) in [5, 5.41) is 6.83. The van der Waals surface area contributed by atoms with Crippen LogP contribution in [-0.2, 0) is 6.54 Å². The molecule has 0 radical (unpaired) electrons. The van der Waals surface area contributed by atoms with Gasteiger partial charge in [0, 0.05) is 24.1 Å². The van der Waals surface area contributed by atoms with E-state index in [-0.39, 0.29) is 0 Å². The van der Waals surface area contributed by atoms with E-state index in [9.17, 15) is 0 Å². The van der Waals surface area contributed by atoms with Crippen LogP contribution < -0.4 is 15.4 Å². The number of nitrogens with one attached hydrogen (secondary N) is 2. The molecular formula is C14H23BrN2O. The molecular weight excluding hydrogens is 292 g/mol. The fourth-order valence-electron chi connectivity index (χ4n) is 1.60. The van der Waals surface area contributed by atoms with Gasteiger partial charge < -0.3 is 15.4 Å². The first-order valence-corrected chi connectivity index (χ1v) is 7.16. The highest BCUT2D eigenvalue weighted by molar-refractivity contribution is 9.10. The highest BCUT2D eigenvalue weighted by Crippen LogP contribution is 2.22. The molecule has 1 aromatic rings. The molecule has 0 aliphatic heterocycles. The maximum absolute atomic E-state index is 5.22. The van der Waals surface area contributed by atoms with Gasteiger partial charge in [-0.05, 0) is 36.2 Å². The molecule has 1 rings (SSSR count). The number of hydrogen-bond acceptors (Lipinski definition) is 3. The van der Waals surface area contributed by atoms with E-state index >= 15 is 0 Å². The lowest BCUT2D eigenvalue weighted by Gasteiger charge is -2.10. The molecule has 0 aliphatic carbocycles. The van der Waals surface area contributed by atoms with E-state index < -0.39 is 0 Å².